The molecule has 6 nitrogen and oxygen atoms in total. The van der Waals surface area contributed by atoms with Crippen LogP contribution in [0.3, 0.4) is 0 Å². The second-order valence-corrected chi connectivity index (χ2v) is 10.6. The van der Waals surface area contributed by atoms with Gasteiger partial charge in [0, 0.05) is 24.8 Å². The number of carbonyl (C=O) groups is 1. The summed E-state index contributed by atoms with van der Waals surface area (Å²) in [5.41, 5.74) is 0.843. The van der Waals surface area contributed by atoms with Gasteiger partial charge in [-0.1, -0.05) is 12.1 Å². The molecule has 1 atom stereocenters. The normalized spacial score (nSPS) is 19.3. The monoisotopic (exact) mass is 420 g/mol. The van der Waals surface area contributed by atoms with Gasteiger partial charge in [-0.15, -0.1) is 11.3 Å². The first-order valence-electron chi connectivity index (χ1n) is 9.66. The molecule has 1 saturated heterocycles. The van der Waals surface area contributed by atoms with Gasteiger partial charge in [0.1, 0.15) is 0 Å². The molecule has 1 aliphatic carbocycles. The maximum Gasteiger partial charge on any atom is 0.233 e. The Bertz CT molecular complexity index is 900. The van der Waals surface area contributed by atoms with Crippen molar-refractivity contribution in [1.82, 2.24) is 4.98 Å². The van der Waals surface area contributed by atoms with E-state index in [0.717, 1.165) is 50.9 Å². The van der Waals surface area contributed by atoms with Crippen LogP contribution in [0.25, 0.3) is 0 Å². The van der Waals surface area contributed by atoms with Gasteiger partial charge in [0.15, 0.2) is 15.0 Å². The molecule has 0 radical (unpaired) electrons. The van der Waals surface area contributed by atoms with E-state index < -0.39 is 9.84 Å². The molecule has 1 unspecified atom stereocenters. The molecular formula is C20H24N2O4S2. The molecule has 1 saturated carbocycles. The number of ether oxygens (including phenoxy) is 1. The van der Waals surface area contributed by atoms with Crippen molar-refractivity contribution in [1.29, 1.82) is 0 Å². The third kappa shape index (κ3) is 4.45. The number of thiazole rings is 1. The highest BCUT2D eigenvalue weighted by Gasteiger charge is 2.37. The van der Waals surface area contributed by atoms with E-state index in [2.05, 4.69) is 10.3 Å². The van der Waals surface area contributed by atoms with Crippen molar-refractivity contribution in [3.05, 3.63) is 41.4 Å². The number of sulfone groups is 1. The van der Waals surface area contributed by atoms with E-state index in [1.807, 2.05) is 5.38 Å². The number of amides is 1. The van der Waals surface area contributed by atoms with Gasteiger partial charge in [0.25, 0.3) is 0 Å². The Morgan fingerprint density at radius 1 is 1.18 bits per heavy atom. The zero-order valence-electron chi connectivity index (χ0n) is 15.5. The molecule has 2 heterocycles. The van der Waals surface area contributed by atoms with Crippen LogP contribution in [0.15, 0.2) is 40.7 Å². The van der Waals surface area contributed by atoms with Gasteiger partial charge in [-0.2, -0.15) is 0 Å². The standard InChI is InChI=1S/C20H24N2O4S2/c23-19(22-20-21-9-12-27-20)18(13-14-7-10-26-11-8-14)15-1-3-16(4-2-15)28(24,25)17-5-6-17/h1-4,9,12,14,17-18H,5-8,10-11,13H2,(H,21,22,23). The van der Waals surface area contributed by atoms with E-state index in [1.165, 1.54) is 11.3 Å². The minimum absolute atomic E-state index is 0.0979. The average molecular weight is 421 g/mol. The summed E-state index contributed by atoms with van der Waals surface area (Å²) in [6.45, 7) is 1.45. The largest absolute Gasteiger partial charge is 0.381 e. The molecule has 1 N–H and O–H groups in total. The van der Waals surface area contributed by atoms with Gasteiger partial charge in [-0.3, -0.25) is 4.79 Å². The fraction of sp³-hybridized carbons (Fsp3) is 0.500. The molecule has 150 valence electrons. The number of anilines is 1. The first-order valence-corrected chi connectivity index (χ1v) is 12.1. The maximum atomic E-state index is 13.0. The minimum atomic E-state index is -3.22. The minimum Gasteiger partial charge on any atom is -0.381 e. The van der Waals surface area contributed by atoms with Crippen LogP contribution < -0.4 is 5.32 Å². The second-order valence-electron chi connectivity index (χ2n) is 7.48. The number of nitrogens with zero attached hydrogens (tertiary/aromatic N) is 1. The van der Waals surface area contributed by atoms with Gasteiger partial charge in [0.2, 0.25) is 5.91 Å². The summed E-state index contributed by atoms with van der Waals surface area (Å²) in [7, 11) is -3.22. The molecule has 2 aromatic rings. The van der Waals surface area contributed by atoms with Crippen LogP contribution in [0.4, 0.5) is 5.13 Å². The van der Waals surface area contributed by atoms with E-state index in [-0.39, 0.29) is 17.1 Å². The summed E-state index contributed by atoms with van der Waals surface area (Å²) in [5.74, 6) is -0.0282. The maximum absolute atomic E-state index is 13.0. The molecular weight excluding hydrogens is 396 g/mol. The van der Waals surface area contributed by atoms with Crippen molar-refractivity contribution in [2.24, 2.45) is 5.92 Å². The van der Waals surface area contributed by atoms with Crippen LogP contribution in [-0.4, -0.2) is 37.8 Å². The molecule has 2 fully saturated rings. The van der Waals surface area contributed by atoms with Crippen LogP contribution in [-0.2, 0) is 19.4 Å². The Morgan fingerprint density at radius 3 is 2.50 bits per heavy atom. The van der Waals surface area contributed by atoms with E-state index in [0.29, 0.717) is 15.9 Å². The fourth-order valence-electron chi connectivity index (χ4n) is 3.65. The summed E-state index contributed by atoms with van der Waals surface area (Å²) in [6.07, 6.45) is 5.74. The first-order chi connectivity index (χ1) is 13.5. The lowest BCUT2D eigenvalue weighted by atomic mass is 9.84. The summed E-state index contributed by atoms with van der Waals surface area (Å²) in [5, 5.41) is 5.07. The number of benzene rings is 1. The van der Waals surface area contributed by atoms with Crippen LogP contribution in [0, 0.1) is 5.92 Å². The zero-order valence-corrected chi connectivity index (χ0v) is 17.2. The lowest BCUT2D eigenvalue weighted by molar-refractivity contribution is -0.118. The number of carbonyl (C=O) groups excluding carboxylic acids is 1. The predicted molar refractivity (Wildman–Crippen MR) is 108 cm³/mol. The van der Waals surface area contributed by atoms with Gasteiger partial charge >= 0.3 is 0 Å². The molecule has 4 rings (SSSR count). The fourth-order valence-corrected chi connectivity index (χ4v) is 5.84. The Balaban J connectivity index is 1.55. The first kappa shape index (κ1) is 19.5. The molecule has 2 aliphatic rings. The van der Waals surface area contributed by atoms with Crippen LogP contribution in [0.5, 0.6) is 0 Å². The molecule has 1 aliphatic heterocycles. The molecule has 8 heteroatoms. The van der Waals surface area contributed by atoms with E-state index in [9.17, 15) is 13.2 Å². The molecule has 28 heavy (non-hydrogen) atoms. The van der Waals surface area contributed by atoms with Crippen molar-refractivity contribution >= 4 is 32.2 Å². The van der Waals surface area contributed by atoms with Crippen molar-refractivity contribution < 1.29 is 17.9 Å². The van der Waals surface area contributed by atoms with Crippen molar-refractivity contribution in [3.8, 4) is 0 Å². The van der Waals surface area contributed by atoms with Gasteiger partial charge < -0.3 is 10.1 Å². The topological polar surface area (TPSA) is 85.4 Å². The number of nitrogens with one attached hydrogen (secondary N) is 1. The number of hydrogen-bond acceptors (Lipinski definition) is 6. The number of hydrogen-bond donors (Lipinski definition) is 1. The Labute approximate surface area is 169 Å². The second kappa shape index (κ2) is 8.31. The van der Waals surface area contributed by atoms with Crippen molar-refractivity contribution in [3.63, 3.8) is 0 Å². The van der Waals surface area contributed by atoms with Crippen LogP contribution in [0.1, 0.15) is 43.6 Å². The molecule has 1 aromatic heterocycles. The van der Waals surface area contributed by atoms with E-state index >= 15 is 0 Å². The molecule has 0 spiro atoms. The predicted octanol–water partition coefficient (Wildman–Crippen LogP) is 3.62. The van der Waals surface area contributed by atoms with Gasteiger partial charge in [-0.05, 0) is 55.7 Å². The lowest BCUT2D eigenvalue weighted by Gasteiger charge is -2.26. The zero-order chi connectivity index (χ0) is 19.6. The van der Waals surface area contributed by atoms with Crippen molar-refractivity contribution in [2.45, 2.75) is 48.2 Å². The highest BCUT2D eigenvalue weighted by Crippen LogP contribution is 2.35. The third-order valence-corrected chi connectivity index (χ3v) is 8.43. The van der Waals surface area contributed by atoms with Gasteiger partial charge in [-0.25, -0.2) is 13.4 Å². The summed E-state index contributed by atoms with van der Waals surface area (Å²) < 4.78 is 30.3. The summed E-state index contributed by atoms with van der Waals surface area (Å²) >= 11 is 1.38. The van der Waals surface area contributed by atoms with Crippen molar-refractivity contribution in [2.75, 3.05) is 18.5 Å². The Morgan fingerprint density at radius 2 is 1.89 bits per heavy atom. The molecule has 1 aromatic carbocycles. The van der Waals surface area contributed by atoms with E-state index in [4.69, 9.17) is 4.74 Å². The number of rotatable bonds is 7. The lowest BCUT2D eigenvalue weighted by Crippen LogP contribution is -2.26. The number of aromatic nitrogens is 1. The van der Waals surface area contributed by atoms with Crippen LogP contribution in [0.2, 0.25) is 0 Å². The summed E-state index contributed by atoms with van der Waals surface area (Å²) in [6, 6.07) is 6.88. The molecule has 0 bridgehead atoms. The highest BCUT2D eigenvalue weighted by atomic mass is 32.2. The SMILES string of the molecule is O=C(Nc1nccs1)C(CC1CCOCC1)c1ccc(S(=O)(=O)C2CC2)cc1. The summed E-state index contributed by atoms with van der Waals surface area (Å²) in [4.78, 5) is 17.5. The van der Waals surface area contributed by atoms with Crippen LogP contribution >= 0.6 is 11.3 Å². The molecule has 1 amide bonds. The average Bonchev–Trinajstić information content (AvgIpc) is 3.46. The third-order valence-electron chi connectivity index (χ3n) is 5.46. The van der Waals surface area contributed by atoms with Gasteiger partial charge in [0.05, 0.1) is 16.1 Å². The smallest absolute Gasteiger partial charge is 0.233 e. The quantitative estimate of drug-likeness (QED) is 0.739. The highest BCUT2D eigenvalue weighted by molar-refractivity contribution is 7.92. The van der Waals surface area contributed by atoms with E-state index in [1.54, 1.807) is 30.5 Å². The Kier molecular flexibility index (Phi) is 5.80. The Hall–Kier alpha value is -1.77.